The quantitative estimate of drug-likeness (QED) is 0.189. The first-order chi connectivity index (χ1) is 21.1. The van der Waals surface area contributed by atoms with Gasteiger partial charge in [0.1, 0.15) is 17.2 Å². The Hall–Kier alpha value is -4.03. The molecule has 236 valence electrons. The molecule has 1 saturated carbocycles. The molecule has 0 aromatic heterocycles. The number of dihydropyridines is 1. The second-order valence-corrected chi connectivity index (χ2v) is 12.0. The third-order valence-electron chi connectivity index (χ3n) is 9.17. The zero-order valence-electron chi connectivity index (χ0n) is 25.2. The molecule has 5 rings (SSSR count). The summed E-state index contributed by atoms with van der Waals surface area (Å²) in [6.45, 7) is 8.52. The number of benzene rings is 1. The van der Waals surface area contributed by atoms with E-state index >= 15 is 0 Å². The Morgan fingerprint density at radius 2 is 1.55 bits per heavy atom. The number of nitrogens with one attached hydrogen (secondary N) is 3. The summed E-state index contributed by atoms with van der Waals surface area (Å²) in [5, 5.41) is 28.3. The Labute approximate surface area is 255 Å². The van der Waals surface area contributed by atoms with E-state index in [0.717, 1.165) is 51.3 Å². The van der Waals surface area contributed by atoms with Crippen LogP contribution in [0.4, 0.5) is 21.5 Å². The molecule has 1 saturated heterocycles. The highest BCUT2D eigenvalue weighted by atomic mass is 19.1. The lowest BCUT2D eigenvalue weighted by molar-refractivity contribution is -0.133. The maximum atomic E-state index is 15.0. The van der Waals surface area contributed by atoms with Crippen LogP contribution in [0.5, 0.6) is 0 Å². The first-order valence-electron chi connectivity index (χ1n) is 15.3. The highest BCUT2D eigenvalue weighted by Gasteiger charge is 2.37. The third kappa shape index (κ3) is 6.41. The molecule has 5 N–H and O–H groups in total. The molecule has 2 fully saturated rings. The van der Waals surface area contributed by atoms with Gasteiger partial charge in [-0.3, -0.25) is 14.5 Å². The summed E-state index contributed by atoms with van der Waals surface area (Å²) in [5.41, 5.74) is -1.27. The lowest BCUT2D eigenvalue weighted by Crippen LogP contribution is -2.51. The molecule has 2 heterocycles. The molecule has 0 spiro atoms. The number of hydrogen-bond acceptors (Lipinski definition) is 9. The first kappa shape index (κ1) is 31.4. The zero-order valence-corrected chi connectivity index (χ0v) is 25.2. The van der Waals surface area contributed by atoms with Crippen molar-refractivity contribution < 1.29 is 24.2 Å². The average molecular weight is 610 g/mol. The van der Waals surface area contributed by atoms with E-state index in [-0.39, 0.29) is 45.2 Å². The molecule has 11 nitrogen and oxygen atoms in total. The fourth-order valence-corrected chi connectivity index (χ4v) is 6.84. The number of rotatable bonds is 11. The number of piperazine rings is 1. The lowest BCUT2D eigenvalue weighted by Gasteiger charge is -2.40. The van der Waals surface area contributed by atoms with E-state index in [2.05, 4.69) is 25.8 Å². The smallest absolute Gasteiger partial charge is 0.334 e. The van der Waals surface area contributed by atoms with Crippen LogP contribution in [0, 0.1) is 5.82 Å². The predicted molar refractivity (Wildman–Crippen MR) is 166 cm³/mol. The maximum Gasteiger partial charge on any atom is 0.334 e. The Bertz CT molecular complexity index is 1530. The normalized spacial score (nSPS) is 19.3. The van der Waals surface area contributed by atoms with E-state index in [1.165, 1.54) is 58.1 Å². The molecule has 0 unspecified atom stereocenters. The maximum absolute atomic E-state index is 15.0. The summed E-state index contributed by atoms with van der Waals surface area (Å²) >= 11 is 0. The van der Waals surface area contributed by atoms with Crippen LogP contribution in [-0.4, -0.2) is 77.3 Å². The fourth-order valence-electron chi connectivity index (χ4n) is 6.84. The lowest BCUT2D eigenvalue weighted by atomic mass is 9.80. The molecule has 0 atom stereocenters. The van der Waals surface area contributed by atoms with Crippen molar-refractivity contribution in [3.63, 3.8) is 0 Å². The number of nitrogens with zero attached hydrogens (tertiary/aromatic N) is 2. The van der Waals surface area contributed by atoms with Gasteiger partial charge in [-0.15, -0.1) is 0 Å². The molecular formula is C32H40FN5O6. The summed E-state index contributed by atoms with van der Waals surface area (Å²) in [7, 11) is 0. The van der Waals surface area contributed by atoms with Crippen molar-refractivity contribution in [2.45, 2.75) is 64.3 Å². The second kappa shape index (κ2) is 13.3. The summed E-state index contributed by atoms with van der Waals surface area (Å²) in [5.74, 6) is -4.57. The van der Waals surface area contributed by atoms with Gasteiger partial charge in [0.05, 0.1) is 22.8 Å². The SMILES string of the molecule is CC1=C(C(=O)O)C(c2ccc(F)c(Nc3c(NCCCN4CCN(C5CCCCC5)CC4)c(=O)c3=O)c2)C(C(=O)O)=C(C)N1. The van der Waals surface area contributed by atoms with Crippen molar-refractivity contribution in [2.24, 2.45) is 0 Å². The molecule has 44 heavy (non-hydrogen) atoms. The van der Waals surface area contributed by atoms with Crippen LogP contribution in [0.3, 0.4) is 0 Å². The topological polar surface area (TPSA) is 151 Å². The highest BCUT2D eigenvalue weighted by Crippen LogP contribution is 2.40. The van der Waals surface area contributed by atoms with Gasteiger partial charge in [-0.2, -0.15) is 0 Å². The number of allylic oxidation sites excluding steroid dienone is 2. The number of halogens is 1. The van der Waals surface area contributed by atoms with Gasteiger partial charge in [-0.05, 0) is 57.4 Å². The summed E-state index contributed by atoms with van der Waals surface area (Å²) in [6, 6.07) is 4.40. The van der Waals surface area contributed by atoms with Gasteiger partial charge in [0, 0.05) is 50.2 Å². The minimum Gasteiger partial charge on any atom is -0.478 e. The van der Waals surface area contributed by atoms with Gasteiger partial charge < -0.3 is 31.1 Å². The van der Waals surface area contributed by atoms with Crippen LogP contribution in [0.25, 0.3) is 0 Å². The standard InChI is InChI=1S/C32H40FN5O6/c1-18-24(31(41)42)26(25(32(43)44)19(2)35-18)20-9-10-22(33)23(17-20)36-28-27(29(39)30(28)40)34-11-6-12-37-13-15-38(16-14-37)21-7-4-3-5-8-21/h9-10,17,21,26,34-36H,3-8,11-16H2,1-2H3,(H,41,42)(H,43,44). The van der Waals surface area contributed by atoms with E-state index in [9.17, 15) is 33.8 Å². The number of anilines is 3. The monoisotopic (exact) mass is 609 g/mol. The van der Waals surface area contributed by atoms with Crippen molar-refractivity contribution in [2.75, 3.05) is 49.9 Å². The Balaban J connectivity index is 1.23. The zero-order chi connectivity index (χ0) is 31.5. The van der Waals surface area contributed by atoms with Gasteiger partial charge in [0.25, 0.3) is 10.9 Å². The van der Waals surface area contributed by atoms with Crippen LogP contribution in [0.2, 0.25) is 0 Å². The number of carboxylic acid groups (broad SMARTS) is 2. The second-order valence-electron chi connectivity index (χ2n) is 12.0. The van der Waals surface area contributed by atoms with E-state index in [0.29, 0.717) is 6.54 Å². The van der Waals surface area contributed by atoms with E-state index < -0.39 is 34.5 Å². The molecule has 0 bridgehead atoms. The minimum absolute atomic E-state index is 0.0761. The van der Waals surface area contributed by atoms with Crippen LogP contribution in [-0.2, 0) is 9.59 Å². The molecule has 12 heteroatoms. The van der Waals surface area contributed by atoms with Crippen molar-refractivity contribution in [1.82, 2.24) is 15.1 Å². The van der Waals surface area contributed by atoms with Crippen LogP contribution in [0.1, 0.15) is 63.9 Å². The van der Waals surface area contributed by atoms with Crippen LogP contribution >= 0.6 is 0 Å². The van der Waals surface area contributed by atoms with E-state index in [4.69, 9.17) is 0 Å². The Morgan fingerprint density at radius 3 is 2.16 bits per heavy atom. The summed E-state index contributed by atoms with van der Waals surface area (Å²) in [4.78, 5) is 54.1. The molecule has 0 radical (unpaired) electrons. The summed E-state index contributed by atoms with van der Waals surface area (Å²) in [6.07, 6.45) is 7.36. The molecule has 3 aliphatic rings. The van der Waals surface area contributed by atoms with Crippen LogP contribution < -0.4 is 26.8 Å². The van der Waals surface area contributed by atoms with E-state index in [1.807, 2.05) is 0 Å². The first-order valence-corrected chi connectivity index (χ1v) is 15.3. The number of carbonyl (C=O) groups is 2. The number of carboxylic acids is 2. The van der Waals surface area contributed by atoms with Gasteiger partial charge >= 0.3 is 11.9 Å². The number of aliphatic carboxylic acids is 2. The molecule has 2 aromatic rings. The summed E-state index contributed by atoms with van der Waals surface area (Å²) < 4.78 is 15.0. The van der Waals surface area contributed by atoms with Crippen molar-refractivity contribution in [3.8, 4) is 0 Å². The van der Waals surface area contributed by atoms with Crippen molar-refractivity contribution in [1.29, 1.82) is 0 Å². The Morgan fingerprint density at radius 1 is 0.932 bits per heavy atom. The van der Waals surface area contributed by atoms with E-state index in [1.54, 1.807) is 0 Å². The van der Waals surface area contributed by atoms with Crippen molar-refractivity contribution >= 4 is 29.0 Å². The largest absolute Gasteiger partial charge is 0.478 e. The molecule has 2 aromatic carbocycles. The fraction of sp³-hybridized carbons (Fsp3) is 0.500. The Kier molecular flexibility index (Phi) is 9.50. The number of hydrogen-bond donors (Lipinski definition) is 5. The molecular weight excluding hydrogens is 569 g/mol. The predicted octanol–water partition coefficient (Wildman–Crippen LogP) is 3.32. The van der Waals surface area contributed by atoms with Gasteiger partial charge in [0.2, 0.25) is 0 Å². The van der Waals surface area contributed by atoms with Gasteiger partial charge in [-0.1, -0.05) is 25.3 Å². The van der Waals surface area contributed by atoms with Crippen LogP contribution in [0.15, 0.2) is 50.3 Å². The van der Waals surface area contributed by atoms with Gasteiger partial charge in [-0.25, -0.2) is 14.0 Å². The van der Waals surface area contributed by atoms with Crippen molar-refractivity contribution in [3.05, 3.63) is 72.6 Å². The average Bonchev–Trinajstić information content (AvgIpc) is 3.00. The molecule has 1 aliphatic carbocycles. The highest BCUT2D eigenvalue weighted by molar-refractivity contribution is 5.98. The minimum atomic E-state index is -1.31. The molecule has 0 amide bonds. The third-order valence-corrected chi connectivity index (χ3v) is 9.17. The van der Waals surface area contributed by atoms with Gasteiger partial charge in [0.15, 0.2) is 0 Å². The molecule has 2 aliphatic heterocycles.